The van der Waals surface area contributed by atoms with Crippen molar-refractivity contribution in [1.29, 1.82) is 0 Å². The van der Waals surface area contributed by atoms with E-state index in [4.69, 9.17) is 0 Å². The molecule has 0 aliphatic heterocycles. The van der Waals surface area contributed by atoms with E-state index in [2.05, 4.69) is 5.32 Å². The predicted molar refractivity (Wildman–Crippen MR) is 105 cm³/mol. The second kappa shape index (κ2) is 6.76. The van der Waals surface area contributed by atoms with Crippen LogP contribution in [0.3, 0.4) is 0 Å². The molecule has 1 amide bonds. The molecule has 7 heteroatoms. The first kappa shape index (κ1) is 18.2. The summed E-state index contributed by atoms with van der Waals surface area (Å²) in [4.78, 5) is 25.1. The second-order valence-corrected chi connectivity index (χ2v) is 7.25. The SMILES string of the molecule is O=C(Nc1ccc2sc3ccccc3c(=O)c2c1)c1cccc(C(F)(F)F)c1. The molecular weight excluding hydrogens is 387 g/mol. The Morgan fingerprint density at radius 2 is 1.61 bits per heavy atom. The van der Waals surface area contributed by atoms with E-state index >= 15 is 0 Å². The van der Waals surface area contributed by atoms with Crippen LogP contribution in [0.4, 0.5) is 18.9 Å². The number of halogens is 3. The molecule has 0 radical (unpaired) electrons. The molecule has 0 aliphatic rings. The van der Waals surface area contributed by atoms with Crippen LogP contribution in [0.2, 0.25) is 0 Å². The van der Waals surface area contributed by atoms with Crippen molar-refractivity contribution in [3.05, 3.63) is 88.1 Å². The van der Waals surface area contributed by atoms with Crippen molar-refractivity contribution in [2.24, 2.45) is 0 Å². The number of hydrogen-bond donors (Lipinski definition) is 1. The van der Waals surface area contributed by atoms with Gasteiger partial charge >= 0.3 is 6.18 Å². The molecule has 0 spiro atoms. The smallest absolute Gasteiger partial charge is 0.322 e. The highest BCUT2D eigenvalue weighted by atomic mass is 32.1. The average molecular weight is 399 g/mol. The Labute approximate surface area is 161 Å². The van der Waals surface area contributed by atoms with Crippen LogP contribution in [0.5, 0.6) is 0 Å². The van der Waals surface area contributed by atoms with Gasteiger partial charge in [-0.15, -0.1) is 11.3 Å². The van der Waals surface area contributed by atoms with E-state index in [-0.39, 0.29) is 11.0 Å². The molecular formula is C21H12F3NO2S. The predicted octanol–water partition coefficient (Wildman–Crippen LogP) is 5.69. The van der Waals surface area contributed by atoms with Crippen molar-refractivity contribution in [1.82, 2.24) is 0 Å². The number of nitrogens with one attached hydrogen (secondary N) is 1. The molecule has 4 rings (SSSR count). The third-order valence-electron chi connectivity index (χ3n) is 4.29. The molecule has 0 saturated carbocycles. The summed E-state index contributed by atoms with van der Waals surface area (Å²) in [5.74, 6) is -0.678. The van der Waals surface area contributed by atoms with Crippen molar-refractivity contribution in [2.45, 2.75) is 6.18 Å². The van der Waals surface area contributed by atoms with Gasteiger partial charge in [0.2, 0.25) is 0 Å². The standard InChI is InChI=1S/C21H12F3NO2S/c22-21(23,24)13-5-3-4-12(10-13)20(27)25-14-8-9-18-16(11-14)19(26)15-6-1-2-7-17(15)28-18/h1-11H,(H,25,27). The lowest BCUT2D eigenvalue weighted by Crippen LogP contribution is -2.14. The molecule has 0 atom stereocenters. The number of amides is 1. The van der Waals surface area contributed by atoms with Gasteiger partial charge in [-0.2, -0.15) is 13.2 Å². The van der Waals surface area contributed by atoms with Crippen LogP contribution in [-0.2, 0) is 6.18 Å². The Kier molecular flexibility index (Phi) is 4.39. The molecule has 0 saturated heterocycles. The molecule has 3 nitrogen and oxygen atoms in total. The van der Waals surface area contributed by atoms with Gasteiger partial charge in [-0.1, -0.05) is 18.2 Å². The molecule has 3 aromatic carbocycles. The lowest BCUT2D eigenvalue weighted by Gasteiger charge is -2.10. The number of rotatable bonds is 2. The quantitative estimate of drug-likeness (QED) is 0.441. The van der Waals surface area contributed by atoms with E-state index in [0.29, 0.717) is 16.5 Å². The van der Waals surface area contributed by atoms with Gasteiger partial charge in [0.1, 0.15) is 0 Å². The Bertz CT molecular complexity index is 1280. The maximum atomic E-state index is 12.8. The van der Waals surface area contributed by atoms with Gasteiger partial charge in [-0.05, 0) is 48.5 Å². The number of alkyl halides is 3. The Balaban J connectivity index is 1.70. The molecule has 0 aliphatic carbocycles. The van der Waals surface area contributed by atoms with Crippen LogP contribution >= 0.6 is 11.3 Å². The zero-order valence-electron chi connectivity index (χ0n) is 14.2. The molecule has 28 heavy (non-hydrogen) atoms. The Morgan fingerprint density at radius 1 is 0.857 bits per heavy atom. The summed E-state index contributed by atoms with van der Waals surface area (Å²) in [6.07, 6.45) is -4.53. The fourth-order valence-electron chi connectivity index (χ4n) is 2.92. The van der Waals surface area contributed by atoms with Gasteiger partial charge in [-0.3, -0.25) is 9.59 Å². The van der Waals surface area contributed by atoms with Crippen molar-refractivity contribution in [3.8, 4) is 0 Å². The molecule has 1 aromatic heterocycles. The first-order chi connectivity index (χ1) is 13.3. The summed E-state index contributed by atoms with van der Waals surface area (Å²) < 4.78 is 40.1. The van der Waals surface area contributed by atoms with Gasteiger partial charge in [-0.25, -0.2) is 0 Å². The zero-order valence-corrected chi connectivity index (χ0v) is 15.0. The minimum Gasteiger partial charge on any atom is -0.322 e. The van der Waals surface area contributed by atoms with Gasteiger partial charge in [0.25, 0.3) is 5.91 Å². The normalized spacial score (nSPS) is 11.7. The highest BCUT2D eigenvalue weighted by Crippen LogP contribution is 2.30. The summed E-state index contributed by atoms with van der Waals surface area (Å²) in [6, 6.07) is 16.3. The van der Waals surface area contributed by atoms with Crippen LogP contribution in [0, 0.1) is 0 Å². The first-order valence-electron chi connectivity index (χ1n) is 8.27. The van der Waals surface area contributed by atoms with Crippen LogP contribution in [0.15, 0.2) is 71.5 Å². The van der Waals surface area contributed by atoms with E-state index in [1.54, 1.807) is 30.3 Å². The van der Waals surface area contributed by atoms with E-state index in [9.17, 15) is 22.8 Å². The van der Waals surface area contributed by atoms with E-state index in [1.165, 1.54) is 23.5 Å². The highest BCUT2D eigenvalue weighted by molar-refractivity contribution is 7.24. The fourth-order valence-corrected chi connectivity index (χ4v) is 3.97. The molecule has 4 aromatic rings. The largest absolute Gasteiger partial charge is 0.416 e. The molecule has 140 valence electrons. The second-order valence-electron chi connectivity index (χ2n) is 6.17. The lowest BCUT2D eigenvalue weighted by molar-refractivity contribution is -0.137. The maximum absolute atomic E-state index is 12.8. The third-order valence-corrected chi connectivity index (χ3v) is 5.44. The minimum absolute atomic E-state index is 0.112. The summed E-state index contributed by atoms with van der Waals surface area (Å²) in [7, 11) is 0. The zero-order chi connectivity index (χ0) is 19.9. The average Bonchev–Trinajstić information content (AvgIpc) is 2.68. The maximum Gasteiger partial charge on any atom is 0.416 e. The van der Waals surface area contributed by atoms with Crippen LogP contribution in [-0.4, -0.2) is 5.91 Å². The fraction of sp³-hybridized carbons (Fsp3) is 0.0476. The van der Waals surface area contributed by atoms with E-state index in [0.717, 1.165) is 21.5 Å². The van der Waals surface area contributed by atoms with Crippen LogP contribution < -0.4 is 10.7 Å². The molecule has 1 heterocycles. The summed E-state index contributed by atoms with van der Waals surface area (Å²) >= 11 is 1.46. The lowest BCUT2D eigenvalue weighted by atomic mass is 10.1. The highest BCUT2D eigenvalue weighted by Gasteiger charge is 2.30. The number of carbonyl (C=O) groups is 1. The van der Waals surface area contributed by atoms with E-state index < -0.39 is 17.6 Å². The van der Waals surface area contributed by atoms with E-state index in [1.807, 2.05) is 12.1 Å². The third kappa shape index (κ3) is 3.36. The van der Waals surface area contributed by atoms with Crippen molar-refractivity contribution >= 4 is 43.1 Å². The topological polar surface area (TPSA) is 46.2 Å². The molecule has 1 N–H and O–H groups in total. The molecule has 0 bridgehead atoms. The number of benzene rings is 3. The molecule has 0 fully saturated rings. The number of fused-ring (bicyclic) bond motifs is 2. The van der Waals surface area contributed by atoms with Gasteiger partial charge in [0.05, 0.1) is 5.56 Å². The van der Waals surface area contributed by atoms with Gasteiger partial charge in [0, 0.05) is 31.4 Å². The number of anilines is 1. The van der Waals surface area contributed by atoms with Crippen molar-refractivity contribution in [3.63, 3.8) is 0 Å². The summed E-state index contributed by atoms with van der Waals surface area (Å²) in [5, 5.41) is 3.60. The Hall–Kier alpha value is -3.19. The van der Waals surface area contributed by atoms with Crippen molar-refractivity contribution < 1.29 is 18.0 Å². The number of carbonyl (C=O) groups excluding carboxylic acids is 1. The molecule has 0 unspecified atom stereocenters. The Morgan fingerprint density at radius 3 is 2.39 bits per heavy atom. The summed E-state index contributed by atoms with van der Waals surface area (Å²) in [6.45, 7) is 0. The minimum atomic E-state index is -4.53. The van der Waals surface area contributed by atoms with Crippen LogP contribution in [0.25, 0.3) is 20.2 Å². The van der Waals surface area contributed by atoms with Gasteiger partial charge < -0.3 is 5.32 Å². The number of hydrogen-bond acceptors (Lipinski definition) is 3. The van der Waals surface area contributed by atoms with Gasteiger partial charge in [0.15, 0.2) is 5.43 Å². The first-order valence-corrected chi connectivity index (χ1v) is 9.09. The van der Waals surface area contributed by atoms with Crippen molar-refractivity contribution in [2.75, 3.05) is 5.32 Å². The summed E-state index contributed by atoms with van der Waals surface area (Å²) in [5.41, 5.74) is -0.818. The monoisotopic (exact) mass is 399 g/mol. The van der Waals surface area contributed by atoms with Crippen LogP contribution in [0.1, 0.15) is 15.9 Å².